The second kappa shape index (κ2) is 8.30. The largest absolute Gasteiger partial charge is 0.382 e. The first-order valence-corrected chi connectivity index (χ1v) is 8.26. The summed E-state index contributed by atoms with van der Waals surface area (Å²) in [6, 6.07) is 13.4. The van der Waals surface area contributed by atoms with Gasteiger partial charge in [0.05, 0.1) is 12.6 Å². The minimum absolute atomic E-state index is 0.209. The zero-order chi connectivity index (χ0) is 17.5. The Bertz CT molecular complexity index is 816. The molecular weight excluding hydrogens is 316 g/mol. The molecule has 1 aromatic carbocycles. The molecule has 1 unspecified atom stereocenters. The lowest BCUT2D eigenvalue weighted by atomic mass is 10.1. The number of carbonyl (C=O) groups is 1. The molecule has 3 rings (SSSR count). The van der Waals surface area contributed by atoms with Crippen molar-refractivity contribution in [3.8, 4) is 0 Å². The van der Waals surface area contributed by atoms with E-state index in [1.807, 2.05) is 42.6 Å². The molecule has 0 aliphatic heterocycles. The van der Waals surface area contributed by atoms with Crippen LogP contribution in [0.15, 0.2) is 54.9 Å². The van der Waals surface area contributed by atoms with Crippen LogP contribution in [0.1, 0.15) is 17.3 Å². The maximum atomic E-state index is 12.2. The molecule has 2 aromatic heterocycles. The number of aromatic amines is 1. The van der Waals surface area contributed by atoms with Crippen molar-refractivity contribution in [3.05, 3.63) is 66.1 Å². The van der Waals surface area contributed by atoms with Gasteiger partial charge in [0.25, 0.3) is 0 Å². The van der Waals surface area contributed by atoms with Gasteiger partial charge in [-0.1, -0.05) is 12.1 Å². The average Bonchev–Trinajstić information content (AvgIpc) is 3.10. The number of carbonyl (C=O) groups excluding carboxylic acids is 1. The summed E-state index contributed by atoms with van der Waals surface area (Å²) < 4.78 is 5.27. The summed E-state index contributed by atoms with van der Waals surface area (Å²) in [5, 5.41) is 6.95. The maximum absolute atomic E-state index is 12.2. The van der Waals surface area contributed by atoms with Crippen LogP contribution in [0, 0.1) is 0 Å². The number of H-pyrrole nitrogens is 1. The number of benzene rings is 1. The normalized spacial score (nSPS) is 12.0. The molecule has 0 aliphatic carbocycles. The number of pyridine rings is 1. The molecule has 0 aliphatic rings. The number of methoxy groups -OCH3 is 1. The topological polar surface area (TPSA) is 79.0 Å². The van der Waals surface area contributed by atoms with Gasteiger partial charge >= 0.3 is 6.03 Å². The van der Waals surface area contributed by atoms with E-state index in [9.17, 15) is 4.79 Å². The van der Waals surface area contributed by atoms with Crippen molar-refractivity contribution >= 4 is 16.9 Å². The molecule has 130 valence electrons. The molecule has 0 radical (unpaired) electrons. The van der Waals surface area contributed by atoms with E-state index in [2.05, 4.69) is 26.7 Å². The fourth-order valence-electron chi connectivity index (χ4n) is 2.74. The smallest absolute Gasteiger partial charge is 0.315 e. The van der Waals surface area contributed by atoms with Crippen molar-refractivity contribution in [2.24, 2.45) is 0 Å². The van der Waals surface area contributed by atoms with Gasteiger partial charge in [-0.15, -0.1) is 0 Å². The first-order valence-electron chi connectivity index (χ1n) is 8.26. The van der Waals surface area contributed by atoms with E-state index in [0.717, 1.165) is 22.2 Å². The van der Waals surface area contributed by atoms with Gasteiger partial charge in [-0.25, -0.2) is 4.79 Å². The number of nitrogens with zero attached hydrogens (tertiary/aromatic N) is 1. The number of hydrogen-bond acceptors (Lipinski definition) is 3. The Labute approximate surface area is 146 Å². The van der Waals surface area contributed by atoms with E-state index in [1.54, 1.807) is 13.3 Å². The third-order valence-corrected chi connectivity index (χ3v) is 4.01. The number of rotatable bonds is 7. The highest BCUT2D eigenvalue weighted by Crippen LogP contribution is 2.20. The number of aromatic nitrogens is 2. The highest BCUT2D eigenvalue weighted by atomic mass is 16.5. The van der Waals surface area contributed by atoms with Crippen molar-refractivity contribution < 1.29 is 9.53 Å². The minimum atomic E-state index is -0.216. The van der Waals surface area contributed by atoms with Gasteiger partial charge in [0.2, 0.25) is 0 Å². The standard InChI is InChI=1S/C19H22N4O2/c1-25-13-18(14-5-6-17-15(12-14)7-10-21-17)23-19(24)22-11-8-16-4-2-3-9-20-16/h2-7,9-10,12,18,21H,8,11,13H2,1H3,(H2,22,23,24). The van der Waals surface area contributed by atoms with Gasteiger partial charge in [-0.05, 0) is 41.3 Å². The molecule has 3 N–H and O–H groups in total. The average molecular weight is 338 g/mol. The molecule has 25 heavy (non-hydrogen) atoms. The second-order valence-corrected chi connectivity index (χ2v) is 5.80. The summed E-state index contributed by atoms with van der Waals surface area (Å²) in [5.74, 6) is 0. The van der Waals surface area contributed by atoms with Crippen molar-refractivity contribution in [1.82, 2.24) is 20.6 Å². The number of ether oxygens (including phenoxy) is 1. The molecule has 2 heterocycles. The van der Waals surface area contributed by atoms with E-state index < -0.39 is 0 Å². The van der Waals surface area contributed by atoms with Crippen LogP contribution < -0.4 is 10.6 Å². The van der Waals surface area contributed by atoms with Crippen LogP contribution in [0.5, 0.6) is 0 Å². The second-order valence-electron chi connectivity index (χ2n) is 5.80. The highest BCUT2D eigenvalue weighted by Gasteiger charge is 2.15. The fraction of sp³-hybridized carbons (Fsp3) is 0.263. The van der Waals surface area contributed by atoms with Gasteiger partial charge in [-0.2, -0.15) is 0 Å². The van der Waals surface area contributed by atoms with Crippen molar-refractivity contribution in [2.75, 3.05) is 20.3 Å². The van der Waals surface area contributed by atoms with Crippen LogP contribution in [-0.4, -0.2) is 36.3 Å². The summed E-state index contributed by atoms with van der Waals surface area (Å²) in [5.41, 5.74) is 3.03. The molecule has 0 saturated heterocycles. The highest BCUT2D eigenvalue weighted by molar-refractivity contribution is 5.80. The summed E-state index contributed by atoms with van der Waals surface area (Å²) in [4.78, 5) is 19.6. The lowest BCUT2D eigenvalue weighted by molar-refractivity contribution is 0.166. The van der Waals surface area contributed by atoms with Gasteiger partial charge in [0.1, 0.15) is 0 Å². The monoisotopic (exact) mass is 338 g/mol. The number of hydrogen-bond donors (Lipinski definition) is 3. The van der Waals surface area contributed by atoms with E-state index in [1.165, 1.54) is 0 Å². The summed E-state index contributed by atoms with van der Waals surface area (Å²) >= 11 is 0. The van der Waals surface area contributed by atoms with Gasteiger partial charge < -0.3 is 20.4 Å². The Morgan fingerprint density at radius 1 is 1.28 bits per heavy atom. The Balaban J connectivity index is 1.57. The SMILES string of the molecule is COCC(NC(=O)NCCc1ccccn1)c1ccc2[nH]ccc2c1. The molecule has 0 spiro atoms. The van der Waals surface area contributed by atoms with Gasteiger partial charge in [0, 0.05) is 43.7 Å². The van der Waals surface area contributed by atoms with Crippen molar-refractivity contribution in [1.29, 1.82) is 0 Å². The van der Waals surface area contributed by atoms with Crippen LogP contribution in [0.4, 0.5) is 4.79 Å². The molecule has 6 heteroatoms. The minimum Gasteiger partial charge on any atom is -0.382 e. The first-order chi connectivity index (χ1) is 12.3. The molecule has 3 aromatic rings. The van der Waals surface area contributed by atoms with Gasteiger partial charge in [0.15, 0.2) is 0 Å². The van der Waals surface area contributed by atoms with Crippen LogP contribution in [0.2, 0.25) is 0 Å². The lowest BCUT2D eigenvalue weighted by Gasteiger charge is -2.19. The third-order valence-electron chi connectivity index (χ3n) is 4.01. The number of urea groups is 1. The Kier molecular flexibility index (Phi) is 5.64. The molecule has 0 saturated carbocycles. The zero-order valence-corrected chi connectivity index (χ0v) is 14.2. The Morgan fingerprint density at radius 3 is 3.00 bits per heavy atom. The lowest BCUT2D eigenvalue weighted by Crippen LogP contribution is -2.40. The molecule has 0 bridgehead atoms. The molecule has 6 nitrogen and oxygen atoms in total. The van der Waals surface area contributed by atoms with Crippen molar-refractivity contribution in [2.45, 2.75) is 12.5 Å². The van der Waals surface area contributed by atoms with Crippen molar-refractivity contribution in [3.63, 3.8) is 0 Å². The Hall–Kier alpha value is -2.86. The van der Waals surface area contributed by atoms with Crippen LogP contribution in [0.25, 0.3) is 10.9 Å². The van der Waals surface area contributed by atoms with E-state index in [4.69, 9.17) is 4.74 Å². The summed E-state index contributed by atoms with van der Waals surface area (Å²) in [6.45, 7) is 0.934. The van der Waals surface area contributed by atoms with Crippen LogP contribution >= 0.6 is 0 Å². The molecule has 2 amide bonds. The summed E-state index contributed by atoms with van der Waals surface area (Å²) in [7, 11) is 1.63. The summed E-state index contributed by atoms with van der Waals surface area (Å²) in [6.07, 6.45) is 4.34. The fourth-order valence-corrected chi connectivity index (χ4v) is 2.74. The van der Waals surface area contributed by atoms with E-state index in [-0.39, 0.29) is 12.1 Å². The van der Waals surface area contributed by atoms with Gasteiger partial charge in [-0.3, -0.25) is 4.98 Å². The van der Waals surface area contributed by atoms with E-state index >= 15 is 0 Å². The quantitative estimate of drug-likeness (QED) is 0.620. The first kappa shape index (κ1) is 17.0. The number of fused-ring (bicyclic) bond motifs is 1. The molecule has 0 fully saturated rings. The Morgan fingerprint density at radius 2 is 2.20 bits per heavy atom. The third kappa shape index (κ3) is 4.58. The number of nitrogens with one attached hydrogen (secondary N) is 3. The predicted molar refractivity (Wildman–Crippen MR) is 97.4 cm³/mol. The van der Waals surface area contributed by atoms with Crippen LogP contribution in [-0.2, 0) is 11.2 Å². The molecular formula is C19H22N4O2. The zero-order valence-electron chi connectivity index (χ0n) is 14.2. The number of amides is 2. The predicted octanol–water partition coefficient (Wildman–Crippen LogP) is 2.79. The molecule has 1 atom stereocenters. The van der Waals surface area contributed by atoms with E-state index in [0.29, 0.717) is 19.6 Å². The van der Waals surface area contributed by atoms with Crippen LogP contribution in [0.3, 0.4) is 0 Å². The maximum Gasteiger partial charge on any atom is 0.315 e.